The van der Waals surface area contributed by atoms with Crippen LogP contribution in [0, 0.1) is 0 Å². The summed E-state index contributed by atoms with van der Waals surface area (Å²) in [5, 5.41) is 9.52. The summed E-state index contributed by atoms with van der Waals surface area (Å²) in [6, 6.07) is 4.87. The van der Waals surface area contributed by atoms with Crippen molar-refractivity contribution in [2.45, 2.75) is 0 Å². The molecule has 5 heteroatoms. The van der Waals surface area contributed by atoms with Gasteiger partial charge in [-0.2, -0.15) is 0 Å². The summed E-state index contributed by atoms with van der Waals surface area (Å²) < 4.78 is 13.8. The van der Waals surface area contributed by atoms with Crippen LogP contribution >= 0.6 is 12.0 Å². The van der Waals surface area contributed by atoms with E-state index in [1.165, 1.54) is 12.3 Å². The Morgan fingerprint density at radius 2 is 2.31 bits per heavy atom. The van der Waals surface area contributed by atoms with Crippen molar-refractivity contribution in [1.29, 1.82) is 0 Å². The van der Waals surface area contributed by atoms with E-state index in [9.17, 15) is 5.11 Å². The average molecular weight is 239 g/mol. The zero-order valence-electron chi connectivity index (χ0n) is 8.67. The predicted molar refractivity (Wildman–Crippen MR) is 66.5 cm³/mol. The van der Waals surface area contributed by atoms with Crippen LogP contribution in [0.4, 0.5) is 0 Å². The fourth-order valence-electron chi connectivity index (χ4n) is 1.05. The minimum absolute atomic E-state index is 0.123. The summed E-state index contributed by atoms with van der Waals surface area (Å²) in [5.74, 6) is 0.991. The van der Waals surface area contributed by atoms with E-state index in [0.717, 1.165) is 0 Å². The van der Waals surface area contributed by atoms with Crippen LogP contribution in [0.1, 0.15) is 5.56 Å². The zero-order chi connectivity index (χ0) is 11.8. The maximum absolute atomic E-state index is 9.52. The second kappa shape index (κ2) is 6.92. The van der Waals surface area contributed by atoms with Gasteiger partial charge in [0, 0.05) is 23.8 Å². The van der Waals surface area contributed by atoms with Crippen molar-refractivity contribution >= 4 is 18.3 Å². The Balaban J connectivity index is 2.77. The number of hydrogen-bond donors (Lipinski definition) is 2. The molecule has 0 aliphatic rings. The van der Waals surface area contributed by atoms with E-state index in [1.54, 1.807) is 18.2 Å². The Morgan fingerprint density at radius 3 is 3.00 bits per heavy atom. The third-order valence-electron chi connectivity index (χ3n) is 1.73. The largest absolute Gasteiger partial charge is 0.507 e. The molecule has 0 aliphatic carbocycles. The van der Waals surface area contributed by atoms with Crippen molar-refractivity contribution in [3.63, 3.8) is 0 Å². The lowest BCUT2D eigenvalue weighted by atomic mass is 10.2. The van der Waals surface area contributed by atoms with E-state index in [1.807, 2.05) is 0 Å². The molecule has 1 rings (SSSR count). The fraction of sp³-hybridized carbons (Fsp3) is 0.182. The second-order valence-corrected chi connectivity index (χ2v) is 3.41. The van der Waals surface area contributed by atoms with Crippen LogP contribution < -0.4 is 4.74 Å². The van der Waals surface area contributed by atoms with Gasteiger partial charge in [0.2, 0.25) is 0 Å². The molecule has 0 heterocycles. The molecular formula is C11H13NO3S. The summed E-state index contributed by atoms with van der Waals surface area (Å²) >= 11 is 0.621. The first-order valence-electron chi connectivity index (χ1n) is 4.61. The quantitative estimate of drug-likeness (QED) is 0.455. The van der Waals surface area contributed by atoms with Gasteiger partial charge >= 0.3 is 0 Å². The molecule has 0 spiro atoms. The molecule has 0 aliphatic heterocycles. The van der Waals surface area contributed by atoms with Crippen LogP contribution in [0.2, 0.25) is 0 Å². The van der Waals surface area contributed by atoms with Gasteiger partial charge in [-0.1, -0.05) is 12.7 Å². The Kier molecular flexibility index (Phi) is 5.45. The van der Waals surface area contributed by atoms with Crippen molar-refractivity contribution < 1.29 is 14.4 Å². The molecule has 0 atom stereocenters. The number of phenols is 1. The van der Waals surface area contributed by atoms with Crippen LogP contribution in [-0.2, 0) is 0 Å². The van der Waals surface area contributed by atoms with Crippen LogP contribution in [0.5, 0.6) is 11.5 Å². The van der Waals surface area contributed by atoms with E-state index in [2.05, 4.69) is 11.6 Å². The fourth-order valence-corrected chi connectivity index (χ4v) is 1.19. The lowest BCUT2D eigenvalue weighted by Gasteiger charge is -2.05. The first kappa shape index (κ1) is 12.6. The Labute approximate surface area is 98.5 Å². The molecule has 4 nitrogen and oxygen atoms in total. The molecule has 0 bridgehead atoms. The number of hydrogen-bond acceptors (Lipinski definition) is 5. The summed E-state index contributed by atoms with van der Waals surface area (Å²) in [7, 11) is 0. The highest BCUT2D eigenvalue weighted by Gasteiger charge is 2.00. The first-order valence-corrected chi connectivity index (χ1v) is 5.55. The topological polar surface area (TPSA) is 62.0 Å². The zero-order valence-corrected chi connectivity index (χ0v) is 9.48. The van der Waals surface area contributed by atoms with Gasteiger partial charge in [-0.05, 0) is 18.2 Å². The number of phenolic OH excluding ortho intramolecular Hbond substituents is 1. The van der Waals surface area contributed by atoms with Gasteiger partial charge in [-0.25, -0.2) is 0 Å². The maximum atomic E-state index is 9.52. The molecule has 1 aromatic rings. The van der Waals surface area contributed by atoms with Gasteiger partial charge in [0.1, 0.15) is 24.0 Å². The van der Waals surface area contributed by atoms with Gasteiger partial charge < -0.3 is 14.4 Å². The second-order valence-electron chi connectivity index (χ2n) is 2.89. The maximum Gasteiger partial charge on any atom is 0.124 e. The predicted octanol–water partition coefficient (Wildman–Crippen LogP) is 2.54. The van der Waals surface area contributed by atoms with Crippen LogP contribution in [0.15, 0.2) is 35.8 Å². The first-order chi connectivity index (χ1) is 7.77. The number of nitrogens with zero attached hydrogens (tertiary/aromatic N) is 1. The third-order valence-corrected chi connectivity index (χ3v) is 1.99. The number of benzene rings is 1. The van der Waals surface area contributed by atoms with Gasteiger partial charge in [-0.15, -0.1) is 0 Å². The lowest BCUT2D eigenvalue weighted by molar-refractivity contribution is 0.362. The SMILES string of the molecule is C=CCOc1ccc(O)c(/C=N/CSO)c1. The van der Waals surface area contributed by atoms with Crippen LogP contribution in [-0.4, -0.2) is 28.4 Å². The van der Waals surface area contributed by atoms with Crippen molar-refractivity contribution in [2.75, 3.05) is 12.5 Å². The van der Waals surface area contributed by atoms with E-state index < -0.39 is 0 Å². The smallest absolute Gasteiger partial charge is 0.124 e. The number of aromatic hydroxyl groups is 1. The highest BCUT2D eigenvalue weighted by atomic mass is 32.2. The summed E-state index contributed by atoms with van der Waals surface area (Å²) in [6.07, 6.45) is 3.13. The number of rotatable bonds is 6. The number of ether oxygens (including phenoxy) is 1. The van der Waals surface area contributed by atoms with Crippen LogP contribution in [0.3, 0.4) is 0 Å². The molecule has 86 valence electrons. The molecule has 0 saturated heterocycles. The molecule has 0 saturated carbocycles. The summed E-state index contributed by atoms with van der Waals surface area (Å²) in [5.41, 5.74) is 0.551. The average Bonchev–Trinajstić information content (AvgIpc) is 2.30. The molecule has 1 aromatic carbocycles. The van der Waals surface area contributed by atoms with Gasteiger partial charge in [-0.3, -0.25) is 4.99 Å². The van der Waals surface area contributed by atoms with Crippen LogP contribution in [0.25, 0.3) is 0 Å². The van der Waals surface area contributed by atoms with Crippen molar-refractivity contribution in [2.24, 2.45) is 4.99 Å². The monoisotopic (exact) mass is 239 g/mol. The van der Waals surface area contributed by atoms with E-state index in [-0.39, 0.29) is 11.6 Å². The molecule has 0 aromatic heterocycles. The van der Waals surface area contributed by atoms with Gasteiger partial charge in [0.05, 0.1) is 0 Å². The normalized spacial score (nSPS) is 10.6. The Morgan fingerprint density at radius 1 is 1.50 bits per heavy atom. The Hall–Kier alpha value is -1.46. The van der Waals surface area contributed by atoms with Gasteiger partial charge in [0.15, 0.2) is 0 Å². The molecular weight excluding hydrogens is 226 g/mol. The minimum Gasteiger partial charge on any atom is -0.507 e. The number of aliphatic imine (C=N–C) groups is 1. The van der Waals surface area contributed by atoms with E-state index in [0.29, 0.717) is 30.0 Å². The molecule has 0 amide bonds. The molecule has 2 N–H and O–H groups in total. The van der Waals surface area contributed by atoms with E-state index >= 15 is 0 Å². The highest BCUT2D eigenvalue weighted by Crippen LogP contribution is 2.21. The lowest BCUT2D eigenvalue weighted by Crippen LogP contribution is -1.94. The molecule has 0 unspecified atom stereocenters. The molecule has 16 heavy (non-hydrogen) atoms. The summed E-state index contributed by atoms with van der Waals surface area (Å²) in [6.45, 7) is 3.96. The van der Waals surface area contributed by atoms with Crippen molar-refractivity contribution in [1.82, 2.24) is 0 Å². The van der Waals surface area contributed by atoms with Crippen molar-refractivity contribution in [3.05, 3.63) is 36.4 Å². The van der Waals surface area contributed by atoms with Crippen molar-refractivity contribution in [3.8, 4) is 11.5 Å². The highest BCUT2D eigenvalue weighted by molar-refractivity contribution is 7.93. The Bertz CT molecular complexity index is 379. The standard InChI is InChI=1S/C11H13NO3S/c1-2-5-15-10-3-4-11(13)9(6-10)7-12-8-16-14/h2-4,6-7,13-14H,1,5,8H2/b12-7+. The third kappa shape index (κ3) is 3.96. The minimum atomic E-state index is 0.123. The molecule has 0 fully saturated rings. The van der Waals surface area contributed by atoms with Gasteiger partial charge in [0.25, 0.3) is 0 Å². The van der Waals surface area contributed by atoms with E-state index in [4.69, 9.17) is 9.29 Å². The summed E-state index contributed by atoms with van der Waals surface area (Å²) in [4.78, 5) is 3.89. The molecule has 0 radical (unpaired) electrons.